The van der Waals surface area contributed by atoms with Gasteiger partial charge in [-0.2, -0.15) is 13.2 Å². The standard InChI is InChI=1S/C14H20F3NO/c1-13(2,3)6-7-19-12-5-4-10(9-18)8-11(12)14(15,16)17/h4-5,8H,6-7,9,18H2,1-3H3. The fourth-order valence-corrected chi connectivity index (χ4v) is 1.52. The molecule has 0 aliphatic rings. The van der Waals surface area contributed by atoms with Gasteiger partial charge in [0.25, 0.3) is 0 Å². The van der Waals surface area contributed by atoms with Gasteiger partial charge in [-0.1, -0.05) is 26.8 Å². The van der Waals surface area contributed by atoms with Crippen LogP contribution in [-0.4, -0.2) is 6.61 Å². The second-order valence-electron chi connectivity index (χ2n) is 5.69. The van der Waals surface area contributed by atoms with Crippen LogP contribution in [0.3, 0.4) is 0 Å². The second-order valence-corrected chi connectivity index (χ2v) is 5.69. The summed E-state index contributed by atoms with van der Waals surface area (Å²) in [5, 5.41) is 0. The molecule has 0 aliphatic carbocycles. The maximum absolute atomic E-state index is 12.9. The van der Waals surface area contributed by atoms with Crippen LogP contribution in [0.1, 0.15) is 38.3 Å². The van der Waals surface area contributed by atoms with Crippen LogP contribution in [0, 0.1) is 5.41 Å². The first-order valence-corrected chi connectivity index (χ1v) is 6.16. The minimum atomic E-state index is -4.43. The average molecular weight is 275 g/mol. The smallest absolute Gasteiger partial charge is 0.419 e. The van der Waals surface area contributed by atoms with Crippen molar-refractivity contribution in [2.75, 3.05) is 6.61 Å². The second kappa shape index (κ2) is 5.82. The molecule has 0 spiro atoms. The SMILES string of the molecule is CC(C)(C)CCOc1ccc(CN)cc1C(F)(F)F. The van der Waals surface area contributed by atoms with Crippen LogP contribution in [0.4, 0.5) is 13.2 Å². The van der Waals surface area contributed by atoms with E-state index in [1.807, 2.05) is 20.8 Å². The maximum atomic E-state index is 12.9. The van der Waals surface area contributed by atoms with Crippen molar-refractivity contribution in [3.8, 4) is 5.75 Å². The summed E-state index contributed by atoms with van der Waals surface area (Å²) >= 11 is 0. The highest BCUT2D eigenvalue weighted by Crippen LogP contribution is 2.37. The zero-order chi connectivity index (χ0) is 14.7. The molecule has 1 aromatic carbocycles. The summed E-state index contributed by atoms with van der Waals surface area (Å²) in [4.78, 5) is 0. The molecule has 1 rings (SSSR count). The van der Waals surface area contributed by atoms with Crippen molar-refractivity contribution >= 4 is 0 Å². The summed E-state index contributed by atoms with van der Waals surface area (Å²) in [6, 6.07) is 3.95. The Morgan fingerprint density at radius 2 is 1.79 bits per heavy atom. The van der Waals surface area contributed by atoms with Gasteiger partial charge < -0.3 is 10.5 Å². The Labute approximate surface area is 111 Å². The molecule has 1 aromatic rings. The predicted molar refractivity (Wildman–Crippen MR) is 68.9 cm³/mol. The largest absolute Gasteiger partial charge is 0.493 e. The number of hydrogen-bond acceptors (Lipinski definition) is 2. The molecule has 0 bridgehead atoms. The maximum Gasteiger partial charge on any atom is 0.419 e. The summed E-state index contributed by atoms with van der Waals surface area (Å²) in [7, 11) is 0. The molecule has 0 radical (unpaired) electrons. The van der Waals surface area contributed by atoms with Crippen molar-refractivity contribution in [3.05, 3.63) is 29.3 Å². The lowest BCUT2D eigenvalue weighted by Crippen LogP contribution is -2.14. The van der Waals surface area contributed by atoms with Gasteiger partial charge in [0.05, 0.1) is 12.2 Å². The molecule has 0 saturated heterocycles. The molecule has 5 heteroatoms. The van der Waals surface area contributed by atoms with E-state index in [-0.39, 0.29) is 24.3 Å². The third-order valence-corrected chi connectivity index (χ3v) is 2.69. The Morgan fingerprint density at radius 1 is 1.16 bits per heavy atom. The first-order valence-electron chi connectivity index (χ1n) is 6.16. The van der Waals surface area contributed by atoms with Crippen molar-refractivity contribution in [1.82, 2.24) is 0 Å². The molecule has 0 fully saturated rings. The fraction of sp³-hybridized carbons (Fsp3) is 0.571. The lowest BCUT2D eigenvalue weighted by Gasteiger charge is -2.20. The molecule has 2 nitrogen and oxygen atoms in total. The molecule has 0 aromatic heterocycles. The predicted octanol–water partition coefficient (Wildman–Crippen LogP) is 3.98. The van der Waals surface area contributed by atoms with Crippen molar-refractivity contribution in [2.24, 2.45) is 11.1 Å². The third kappa shape index (κ3) is 5.11. The summed E-state index contributed by atoms with van der Waals surface area (Å²) in [5.41, 5.74) is 5.06. The van der Waals surface area contributed by atoms with Crippen LogP contribution in [-0.2, 0) is 12.7 Å². The number of halogens is 3. The Morgan fingerprint density at radius 3 is 2.26 bits per heavy atom. The summed E-state index contributed by atoms with van der Waals surface area (Å²) in [5.74, 6) is -0.131. The lowest BCUT2D eigenvalue weighted by atomic mass is 9.93. The monoisotopic (exact) mass is 275 g/mol. The molecule has 108 valence electrons. The van der Waals surface area contributed by atoms with Gasteiger partial charge in [0.15, 0.2) is 0 Å². The van der Waals surface area contributed by atoms with E-state index in [1.165, 1.54) is 6.07 Å². The van der Waals surface area contributed by atoms with Gasteiger partial charge >= 0.3 is 6.18 Å². The molecule has 2 N–H and O–H groups in total. The van der Waals surface area contributed by atoms with E-state index in [1.54, 1.807) is 6.07 Å². The fourth-order valence-electron chi connectivity index (χ4n) is 1.52. The molecule has 0 heterocycles. The number of alkyl halides is 3. The van der Waals surface area contributed by atoms with E-state index in [0.29, 0.717) is 12.0 Å². The van der Waals surface area contributed by atoms with Crippen LogP contribution < -0.4 is 10.5 Å². The Bertz CT molecular complexity index is 422. The van der Waals surface area contributed by atoms with Crippen LogP contribution in [0.15, 0.2) is 18.2 Å². The summed E-state index contributed by atoms with van der Waals surface area (Å²) in [6.45, 7) is 6.37. The van der Waals surface area contributed by atoms with E-state index < -0.39 is 11.7 Å². The van der Waals surface area contributed by atoms with Gasteiger partial charge in [-0.25, -0.2) is 0 Å². The summed E-state index contributed by atoms with van der Waals surface area (Å²) in [6.07, 6.45) is -3.74. The van der Waals surface area contributed by atoms with E-state index in [0.717, 1.165) is 6.07 Å². The van der Waals surface area contributed by atoms with Gasteiger partial charge in [0, 0.05) is 6.54 Å². The molecule has 0 saturated carbocycles. The lowest BCUT2D eigenvalue weighted by molar-refractivity contribution is -0.139. The molecule has 0 amide bonds. The van der Waals surface area contributed by atoms with Crippen LogP contribution >= 0.6 is 0 Å². The zero-order valence-electron chi connectivity index (χ0n) is 11.5. The number of nitrogens with two attached hydrogens (primary N) is 1. The van der Waals surface area contributed by atoms with Crippen molar-refractivity contribution in [1.29, 1.82) is 0 Å². The summed E-state index contributed by atoms with van der Waals surface area (Å²) < 4.78 is 44.0. The molecule has 0 aliphatic heterocycles. The zero-order valence-corrected chi connectivity index (χ0v) is 11.5. The highest BCUT2D eigenvalue weighted by atomic mass is 19.4. The minimum absolute atomic E-state index is 0.0234. The van der Waals surface area contributed by atoms with Gasteiger partial charge in [-0.15, -0.1) is 0 Å². The van der Waals surface area contributed by atoms with Gasteiger partial charge in [-0.3, -0.25) is 0 Å². The van der Waals surface area contributed by atoms with E-state index in [9.17, 15) is 13.2 Å². The first kappa shape index (κ1) is 15.8. The van der Waals surface area contributed by atoms with Gasteiger partial charge in [0.1, 0.15) is 5.75 Å². The van der Waals surface area contributed by atoms with E-state index in [4.69, 9.17) is 10.5 Å². The van der Waals surface area contributed by atoms with Gasteiger partial charge in [0.2, 0.25) is 0 Å². The molecular weight excluding hydrogens is 255 g/mol. The molecular formula is C14H20F3NO. The van der Waals surface area contributed by atoms with Crippen LogP contribution in [0.25, 0.3) is 0 Å². The Balaban J connectivity index is 2.88. The minimum Gasteiger partial charge on any atom is -0.493 e. The highest BCUT2D eigenvalue weighted by Gasteiger charge is 2.34. The Kier molecular flexibility index (Phi) is 4.85. The number of rotatable bonds is 4. The quantitative estimate of drug-likeness (QED) is 0.902. The average Bonchev–Trinajstić information content (AvgIpc) is 2.26. The topological polar surface area (TPSA) is 35.2 Å². The van der Waals surface area contributed by atoms with E-state index >= 15 is 0 Å². The molecule has 0 unspecified atom stereocenters. The van der Waals surface area contributed by atoms with Crippen molar-refractivity contribution < 1.29 is 17.9 Å². The third-order valence-electron chi connectivity index (χ3n) is 2.69. The normalized spacial score (nSPS) is 12.6. The number of benzene rings is 1. The number of hydrogen-bond donors (Lipinski definition) is 1. The number of ether oxygens (including phenoxy) is 1. The highest BCUT2D eigenvalue weighted by molar-refractivity contribution is 5.39. The van der Waals surface area contributed by atoms with Crippen molar-refractivity contribution in [2.45, 2.75) is 39.9 Å². The van der Waals surface area contributed by atoms with E-state index in [2.05, 4.69) is 0 Å². The first-order chi connectivity index (χ1) is 8.63. The molecule has 19 heavy (non-hydrogen) atoms. The Hall–Kier alpha value is -1.23. The van der Waals surface area contributed by atoms with Crippen LogP contribution in [0.5, 0.6) is 5.75 Å². The van der Waals surface area contributed by atoms with Crippen molar-refractivity contribution in [3.63, 3.8) is 0 Å². The molecule has 0 atom stereocenters. The van der Waals surface area contributed by atoms with Gasteiger partial charge in [-0.05, 0) is 29.5 Å². The van der Waals surface area contributed by atoms with Crippen LogP contribution in [0.2, 0.25) is 0 Å².